The van der Waals surface area contributed by atoms with Gasteiger partial charge in [0, 0.05) is 34.5 Å². The predicted molar refractivity (Wildman–Crippen MR) is 113 cm³/mol. The molecule has 1 aromatic heterocycles. The van der Waals surface area contributed by atoms with Gasteiger partial charge in [0.1, 0.15) is 0 Å². The van der Waals surface area contributed by atoms with E-state index in [9.17, 15) is 0 Å². The third kappa shape index (κ3) is 5.17. The van der Waals surface area contributed by atoms with E-state index in [2.05, 4.69) is 41.4 Å². The Bertz CT molecular complexity index is 858. The molecule has 1 saturated heterocycles. The maximum atomic E-state index is 6.47. The number of aromatic nitrogens is 2. The molecule has 28 heavy (non-hydrogen) atoms. The fraction of sp³-hybridized carbons (Fsp3) is 0.318. The molecule has 0 N–H and O–H groups in total. The summed E-state index contributed by atoms with van der Waals surface area (Å²) in [6, 6.07) is 18.4. The molecule has 1 aliphatic rings. The van der Waals surface area contributed by atoms with E-state index in [0.717, 1.165) is 23.6 Å². The molecule has 4 nitrogen and oxygen atoms in total. The quantitative estimate of drug-likeness (QED) is 0.482. The van der Waals surface area contributed by atoms with Gasteiger partial charge in [0.25, 0.3) is 0 Å². The second-order valence-electron chi connectivity index (χ2n) is 6.95. The molecular formula is C22H23ClN2O2S. The lowest BCUT2D eigenvalue weighted by Crippen LogP contribution is -2.37. The highest BCUT2D eigenvalue weighted by molar-refractivity contribution is 7.99. The van der Waals surface area contributed by atoms with Crippen molar-refractivity contribution >= 4 is 23.4 Å². The highest BCUT2D eigenvalue weighted by Crippen LogP contribution is 2.33. The number of hydrogen-bond donors (Lipinski definition) is 0. The highest BCUT2D eigenvalue weighted by Gasteiger charge is 2.41. The van der Waals surface area contributed by atoms with Crippen molar-refractivity contribution in [2.45, 2.75) is 36.2 Å². The lowest BCUT2D eigenvalue weighted by Gasteiger charge is -2.28. The van der Waals surface area contributed by atoms with Crippen LogP contribution >= 0.6 is 23.4 Å². The SMILES string of the molecule is Clc1ccc(CC[C@]2(Cn3ccnc3)OC[C@@H](CSc3ccccc3)O2)cc1. The van der Waals surface area contributed by atoms with Gasteiger partial charge >= 0.3 is 0 Å². The topological polar surface area (TPSA) is 36.3 Å². The number of halogens is 1. The molecule has 6 heteroatoms. The number of thioether (sulfide) groups is 1. The molecule has 0 bridgehead atoms. The zero-order valence-electron chi connectivity index (χ0n) is 15.5. The molecule has 3 aromatic rings. The van der Waals surface area contributed by atoms with Crippen LogP contribution < -0.4 is 0 Å². The first-order valence-electron chi connectivity index (χ1n) is 9.41. The van der Waals surface area contributed by atoms with Crippen LogP contribution in [0.3, 0.4) is 0 Å². The van der Waals surface area contributed by atoms with Crippen LogP contribution in [-0.4, -0.2) is 33.8 Å². The van der Waals surface area contributed by atoms with Gasteiger partial charge in [0.15, 0.2) is 5.79 Å². The van der Waals surface area contributed by atoms with Gasteiger partial charge in [-0.05, 0) is 36.2 Å². The van der Waals surface area contributed by atoms with Crippen LogP contribution in [0.1, 0.15) is 12.0 Å². The molecule has 4 rings (SSSR count). The van der Waals surface area contributed by atoms with Crippen LogP contribution in [0.15, 0.2) is 78.2 Å². The summed E-state index contributed by atoms with van der Waals surface area (Å²) in [6.07, 6.45) is 7.25. The Balaban J connectivity index is 1.41. The van der Waals surface area contributed by atoms with Crippen LogP contribution in [0.2, 0.25) is 5.02 Å². The van der Waals surface area contributed by atoms with Crippen molar-refractivity contribution in [3.05, 3.63) is 83.9 Å². The standard InChI is InChI=1S/C22H23ClN2O2S/c23-19-8-6-18(7-9-19)10-11-22(16-25-13-12-24-17-25)26-14-20(27-22)15-28-21-4-2-1-3-5-21/h1-9,12-13,17,20H,10-11,14-16H2/t20-,22-/m0/s1. The van der Waals surface area contributed by atoms with Gasteiger partial charge in [-0.2, -0.15) is 0 Å². The Morgan fingerprint density at radius 2 is 1.96 bits per heavy atom. The van der Waals surface area contributed by atoms with Gasteiger partial charge in [0.05, 0.1) is 25.6 Å². The summed E-state index contributed by atoms with van der Waals surface area (Å²) in [6.45, 7) is 1.24. The molecule has 2 aromatic carbocycles. The summed E-state index contributed by atoms with van der Waals surface area (Å²) in [7, 11) is 0. The zero-order chi connectivity index (χ0) is 19.2. The molecule has 1 aliphatic heterocycles. The number of imidazole rings is 1. The molecule has 1 fully saturated rings. The van der Waals surface area contributed by atoms with Crippen molar-refractivity contribution in [2.75, 3.05) is 12.4 Å². The maximum Gasteiger partial charge on any atom is 0.187 e. The fourth-order valence-electron chi connectivity index (χ4n) is 3.34. The lowest BCUT2D eigenvalue weighted by molar-refractivity contribution is -0.180. The van der Waals surface area contributed by atoms with E-state index in [0.29, 0.717) is 13.2 Å². The van der Waals surface area contributed by atoms with E-state index in [1.54, 1.807) is 18.0 Å². The number of aryl methyl sites for hydroxylation is 1. The third-order valence-corrected chi connectivity index (χ3v) is 6.18. The Kier molecular flexibility index (Phi) is 6.37. The van der Waals surface area contributed by atoms with Crippen molar-refractivity contribution in [3.63, 3.8) is 0 Å². The molecule has 0 unspecified atom stereocenters. The molecular weight excluding hydrogens is 392 g/mol. The number of benzene rings is 2. The fourth-order valence-corrected chi connectivity index (χ4v) is 4.36. The Morgan fingerprint density at radius 3 is 2.71 bits per heavy atom. The van der Waals surface area contributed by atoms with Crippen molar-refractivity contribution in [1.29, 1.82) is 0 Å². The van der Waals surface area contributed by atoms with Crippen LogP contribution in [-0.2, 0) is 22.4 Å². The predicted octanol–water partition coefficient (Wildman–Crippen LogP) is 5.07. The summed E-state index contributed by atoms with van der Waals surface area (Å²) >= 11 is 7.81. The van der Waals surface area contributed by atoms with E-state index < -0.39 is 5.79 Å². The van der Waals surface area contributed by atoms with Crippen LogP contribution in [0.4, 0.5) is 0 Å². The summed E-state index contributed by atoms with van der Waals surface area (Å²) < 4.78 is 14.7. The van der Waals surface area contributed by atoms with E-state index in [1.807, 2.05) is 35.3 Å². The maximum absolute atomic E-state index is 6.47. The Hall–Kier alpha value is -1.79. The normalized spacial score (nSPS) is 21.8. The van der Waals surface area contributed by atoms with Crippen LogP contribution in [0.5, 0.6) is 0 Å². The first-order valence-corrected chi connectivity index (χ1v) is 10.8. The van der Waals surface area contributed by atoms with Crippen LogP contribution in [0, 0.1) is 0 Å². The summed E-state index contributed by atoms with van der Waals surface area (Å²) in [5.41, 5.74) is 1.23. The molecule has 2 heterocycles. The van der Waals surface area contributed by atoms with Gasteiger partial charge in [0.2, 0.25) is 0 Å². The molecule has 0 saturated carbocycles. The first-order chi connectivity index (χ1) is 13.7. The molecule has 146 valence electrons. The smallest absolute Gasteiger partial charge is 0.187 e. The number of hydrogen-bond acceptors (Lipinski definition) is 4. The zero-order valence-corrected chi connectivity index (χ0v) is 17.1. The van der Waals surface area contributed by atoms with Crippen molar-refractivity contribution in [2.24, 2.45) is 0 Å². The first kappa shape index (κ1) is 19.5. The largest absolute Gasteiger partial charge is 0.345 e. The van der Waals surface area contributed by atoms with Gasteiger partial charge in [-0.15, -0.1) is 11.8 Å². The molecule has 0 aliphatic carbocycles. The number of rotatable bonds is 8. The second-order valence-corrected chi connectivity index (χ2v) is 8.48. The highest BCUT2D eigenvalue weighted by atomic mass is 35.5. The Morgan fingerprint density at radius 1 is 1.14 bits per heavy atom. The number of nitrogens with zero attached hydrogens (tertiary/aromatic N) is 2. The van der Waals surface area contributed by atoms with Gasteiger partial charge in [-0.3, -0.25) is 0 Å². The van der Waals surface area contributed by atoms with Gasteiger partial charge < -0.3 is 14.0 Å². The average Bonchev–Trinajstić information content (AvgIpc) is 3.38. The molecule has 2 atom stereocenters. The van der Waals surface area contributed by atoms with Crippen LogP contribution in [0.25, 0.3) is 0 Å². The molecule has 0 spiro atoms. The van der Waals surface area contributed by atoms with E-state index in [1.165, 1.54) is 10.5 Å². The molecule has 0 radical (unpaired) electrons. The Labute approximate surface area is 174 Å². The van der Waals surface area contributed by atoms with Crippen molar-refractivity contribution < 1.29 is 9.47 Å². The van der Waals surface area contributed by atoms with Crippen molar-refractivity contribution in [3.8, 4) is 0 Å². The van der Waals surface area contributed by atoms with E-state index >= 15 is 0 Å². The average molecular weight is 415 g/mol. The second kappa shape index (κ2) is 9.14. The monoisotopic (exact) mass is 414 g/mol. The van der Waals surface area contributed by atoms with Crippen molar-refractivity contribution in [1.82, 2.24) is 9.55 Å². The van der Waals surface area contributed by atoms with Gasteiger partial charge in [-0.1, -0.05) is 41.9 Å². The lowest BCUT2D eigenvalue weighted by atomic mass is 10.0. The summed E-state index contributed by atoms with van der Waals surface area (Å²) in [5.74, 6) is 0.235. The minimum atomic E-state index is -0.637. The third-order valence-electron chi connectivity index (χ3n) is 4.78. The number of ether oxygens (including phenoxy) is 2. The summed E-state index contributed by atoms with van der Waals surface area (Å²) in [4.78, 5) is 5.40. The minimum absolute atomic E-state index is 0.0685. The minimum Gasteiger partial charge on any atom is -0.345 e. The summed E-state index contributed by atoms with van der Waals surface area (Å²) in [5, 5.41) is 0.753. The molecule has 0 amide bonds. The van der Waals surface area contributed by atoms with E-state index in [-0.39, 0.29) is 6.10 Å². The van der Waals surface area contributed by atoms with E-state index in [4.69, 9.17) is 21.1 Å². The van der Waals surface area contributed by atoms with Gasteiger partial charge in [-0.25, -0.2) is 4.98 Å².